The number of hydrogen-bond donors (Lipinski definition) is 1. The van der Waals surface area contributed by atoms with Gasteiger partial charge in [0.25, 0.3) is 0 Å². The van der Waals surface area contributed by atoms with Gasteiger partial charge in [0.2, 0.25) is 0 Å². The zero-order chi connectivity index (χ0) is 16.5. The Morgan fingerprint density at radius 3 is 2.75 bits per heavy atom. The Kier molecular flexibility index (Phi) is 4.23. The summed E-state index contributed by atoms with van der Waals surface area (Å²) in [6.45, 7) is 1.44. The summed E-state index contributed by atoms with van der Waals surface area (Å²) in [6.07, 6.45) is 7.95. The van der Waals surface area contributed by atoms with Crippen LogP contribution in [-0.4, -0.2) is 30.0 Å². The van der Waals surface area contributed by atoms with Gasteiger partial charge in [-0.25, -0.2) is 0 Å². The maximum Gasteiger partial charge on any atom is 0.0808 e. The molecule has 1 aromatic heterocycles. The molecule has 0 spiro atoms. The molecule has 0 amide bonds. The second kappa shape index (κ2) is 6.52. The molecule has 1 fully saturated rings. The molecule has 128 valence electrons. The summed E-state index contributed by atoms with van der Waals surface area (Å²) in [4.78, 5) is 2.60. The van der Waals surface area contributed by atoms with Gasteiger partial charge in [-0.3, -0.25) is 9.69 Å². The normalized spacial score (nSPS) is 22.6. The van der Waals surface area contributed by atoms with Crippen molar-refractivity contribution < 1.29 is 5.11 Å². The van der Waals surface area contributed by atoms with Crippen LogP contribution in [0.4, 0.5) is 11.4 Å². The monoisotopic (exact) mass is 325 g/mol. The van der Waals surface area contributed by atoms with Crippen molar-refractivity contribution in [3.8, 4) is 0 Å². The number of aliphatic hydroxyl groups excluding tert-OH is 1. The highest BCUT2D eigenvalue weighted by Gasteiger charge is 2.35. The lowest BCUT2D eigenvalue weighted by atomic mass is 9.85. The third kappa shape index (κ3) is 2.59. The molecule has 0 radical (unpaired) electrons. The fourth-order valence-electron chi connectivity index (χ4n) is 4.43. The van der Waals surface area contributed by atoms with E-state index < -0.39 is 0 Å². The first-order chi connectivity index (χ1) is 11.8. The number of nitrogens with zero attached hydrogens (tertiary/aromatic N) is 3. The molecule has 3 heterocycles. The number of unbranched alkanes of at least 4 members (excludes halogenated alkanes) is 1. The van der Waals surface area contributed by atoms with Crippen LogP contribution in [0.25, 0.3) is 0 Å². The molecule has 1 aromatic carbocycles. The van der Waals surface area contributed by atoms with E-state index in [1.54, 1.807) is 0 Å². The summed E-state index contributed by atoms with van der Waals surface area (Å²) in [5.74, 6) is 0.761. The second-order valence-corrected chi connectivity index (χ2v) is 7.11. The minimum Gasteiger partial charge on any atom is -0.396 e. The fraction of sp³-hybridized carbons (Fsp3) is 0.500. The van der Waals surface area contributed by atoms with E-state index in [0.717, 1.165) is 25.3 Å². The van der Waals surface area contributed by atoms with Gasteiger partial charge in [-0.2, -0.15) is 0 Å². The number of aliphatic hydroxyl groups is 1. The van der Waals surface area contributed by atoms with Gasteiger partial charge in [-0.1, -0.05) is 25.0 Å². The summed E-state index contributed by atoms with van der Waals surface area (Å²) in [6, 6.07) is 13.6. The predicted molar refractivity (Wildman–Crippen MR) is 98.4 cm³/mol. The summed E-state index contributed by atoms with van der Waals surface area (Å²) < 4.78 is 2.31. The van der Waals surface area contributed by atoms with E-state index >= 15 is 0 Å². The van der Waals surface area contributed by atoms with Crippen molar-refractivity contribution in [1.82, 2.24) is 4.68 Å². The second-order valence-electron chi connectivity index (χ2n) is 7.11. The first-order valence-corrected chi connectivity index (χ1v) is 9.17. The third-order valence-corrected chi connectivity index (χ3v) is 5.69. The van der Waals surface area contributed by atoms with Crippen LogP contribution in [0.2, 0.25) is 0 Å². The summed E-state index contributed by atoms with van der Waals surface area (Å²) in [7, 11) is 2.15. The van der Waals surface area contributed by atoms with Crippen LogP contribution in [0.15, 0.2) is 42.6 Å². The van der Waals surface area contributed by atoms with Crippen LogP contribution in [0.3, 0.4) is 0 Å². The van der Waals surface area contributed by atoms with Gasteiger partial charge < -0.3 is 10.0 Å². The average molecular weight is 325 g/mol. The van der Waals surface area contributed by atoms with E-state index in [1.165, 1.54) is 36.3 Å². The summed E-state index contributed by atoms with van der Waals surface area (Å²) >= 11 is 0. The highest BCUT2D eigenvalue weighted by Crippen LogP contribution is 2.45. The van der Waals surface area contributed by atoms with Crippen LogP contribution in [0.5, 0.6) is 0 Å². The molecule has 1 N–H and O–H groups in total. The van der Waals surface area contributed by atoms with E-state index in [9.17, 15) is 0 Å². The predicted octanol–water partition coefficient (Wildman–Crippen LogP) is 3.82. The van der Waals surface area contributed by atoms with Crippen LogP contribution in [-0.2, 0) is 0 Å². The van der Waals surface area contributed by atoms with Crippen molar-refractivity contribution in [2.75, 3.05) is 30.1 Å². The van der Waals surface area contributed by atoms with E-state index in [-0.39, 0.29) is 0 Å². The molecule has 1 saturated heterocycles. The standard InChI is InChI=1S/C20H27N3O/c1-21-17-8-2-3-9-18(17)22-13-11-16(7-4-5-14-24)15-20(22)19-10-6-12-23(19)21/h2-3,6,8-10,12,16,20,24H,4-5,7,11,13-15H2,1H3. The maximum absolute atomic E-state index is 9.04. The number of anilines is 2. The first-order valence-electron chi connectivity index (χ1n) is 9.17. The Morgan fingerprint density at radius 1 is 1.08 bits per heavy atom. The first kappa shape index (κ1) is 15.6. The fourth-order valence-corrected chi connectivity index (χ4v) is 4.43. The molecular formula is C20H27N3O. The van der Waals surface area contributed by atoms with Crippen molar-refractivity contribution in [3.05, 3.63) is 48.3 Å². The van der Waals surface area contributed by atoms with Crippen molar-refractivity contribution in [2.45, 2.75) is 38.1 Å². The molecule has 24 heavy (non-hydrogen) atoms. The third-order valence-electron chi connectivity index (χ3n) is 5.69. The average Bonchev–Trinajstić information content (AvgIpc) is 3.08. The van der Waals surface area contributed by atoms with Crippen molar-refractivity contribution in [2.24, 2.45) is 5.92 Å². The number of piperidine rings is 1. The number of para-hydroxylation sites is 2. The topological polar surface area (TPSA) is 31.6 Å². The van der Waals surface area contributed by atoms with Crippen molar-refractivity contribution in [1.29, 1.82) is 0 Å². The zero-order valence-corrected chi connectivity index (χ0v) is 14.4. The Balaban J connectivity index is 1.67. The van der Waals surface area contributed by atoms with Gasteiger partial charge in [-0.15, -0.1) is 0 Å². The molecule has 4 nitrogen and oxygen atoms in total. The molecule has 2 atom stereocenters. The van der Waals surface area contributed by atoms with Crippen LogP contribution in [0, 0.1) is 5.92 Å². The van der Waals surface area contributed by atoms with Crippen LogP contribution >= 0.6 is 0 Å². The molecule has 2 aromatic rings. The summed E-state index contributed by atoms with van der Waals surface area (Å²) in [5.41, 5.74) is 4.01. The molecule has 2 aliphatic heterocycles. The minimum atomic E-state index is 0.323. The lowest BCUT2D eigenvalue weighted by molar-refractivity contribution is 0.265. The zero-order valence-electron chi connectivity index (χ0n) is 14.4. The Labute approximate surface area is 144 Å². The number of fused-ring (bicyclic) bond motifs is 5. The quantitative estimate of drug-likeness (QED) is 0.867. The molecule has 0 saturated carbocycles. The lowest BCUT2D eigenvalue weighted by Crippen LogP contribution is -2.37. The highest BCUT2D eigenvalue weighted by molar-refractivity contribution is 5.73. The van der Waals surface area contributed by atoms with Gasteiger partial charge in [0, 0.05) is 26.4 Å². The summed E-state index contributed by atoms with van der Waals surface area (Å²) in [5, 5.41) is 11.3. The maximum atomic E-state index is 9.04. The van der Waals surface area contributed by atoms with Gasteiger partial charge in [0.15, 0.2) is 0 Å². The van der Waals surface area contributed by atoms with E-state index in [0.29, 0.717) is 12.6 Å². The highest BCUT2D eigenvalue weighted by atomic mass is 16.2. The van der Waals surface area contributed by atoms with Crippen molar-refractivity contribution >= 4 is 11.4 Å². The Hall–Kier alpha value is -1.94. The molecule has 4 heteroatoms. The van der Waals surface area contributed by atoms with Gasteiger partial charge in [-0.05, 0) is 49.4 Å². The smallest absolute Gasteiger partial charge is 0.0808 e. The molecule has 4 rings (SSSR count). The van der Waals surface area contributed by atoms with Crippen LogP contribution in [0.1, 0.15) is 43.8 Å². The largest absolute Gasteiger partial charge is 0.396 e. The van der Waals surface area contributed by atoms with Crippen molar-refractivity contribution in [3.63, 3.8) is 0 Å². The number of hydrogen-bond acceptors (Lipinski definition) is 3. The number of rotatable bonds is 4. The van der Waals surface area contributed by atoms with E-state index in [4.69, 9.17) is 5.11 Å². The van der Waals surface area contributed by atoms with Gasteiger partial charge in [0.1, 0.15) is 0 Å². The lowest BCUT2D eigenvalue weighted by Gasteiger charge is -2.40. The minimum absolute atomic E-state index is 0.323. The molecule has 0 aliphatic carbocycles. The van der Waals surface area contributed by atoms with Gasteiger partial charge in [0.05, 0.1) is 23.1 Å². The Bertz CT molecular complexity index is 696. The molecule has 2 unspecified atom stereocenters. The molecular weight excluding hydrogens is 298 g/mol. The Morgan fingerprint density at radius 2 is 1.92 bits per heavy atom. The number of benzene rings is 1. The number of aromatic nitrogens is 1. The molecule has 2 aliphatic rings. The van der Waals surface area contributed by atoms with Gasteiger partial charge >= 0.3 is 0 Å². The molecule has 0 bridgehead atoms. The van der Waals surface area contributed by atoms with Crippen LogP contribution < -0.4 is 9.91 Å². The SMILES string of the molecule is CN1c2ccccc2N2CCC(CCCCO)CC2c2cccn21. The van der Waals surface area contributed by atoms with E-state index in [1.807, 2.05) is 0 Å². The van der Waals surface area contributed by atoms with E-state index in [2.05, 4.69) is 64.2 Å².